The van der Waals surface area contributed by atoms with Gasteiger partial charge in [-0.15, -0.1) is 0 Å². The fourth-order valence-electron chi connectivity index (χ4n) is 2.51. The first-order chi connectivity index (χ1) is 11.5. The van der Waals surface area contributed by atoms with Crippen LogP contribution >= 0.6 is 11.3 Å². The molecule has 24 heavy (non-hydrogen) atoms. The molecule has 0 saturated carbocycles. The molecule has 0 aliphatic heterocycles. The Hall–Kier alpha value is -2.73. The van der Waals surface area contributed by atoms with Gasteiger partial charge in [-0.1, -0.05) is 54.2 Å². The summed E-state index contributed by atoms with van der Waals surface area (Å²) in [7, 11) is 0. The second-order valence-corrected chi connectivity index (χ2v) is 6.44. The van der Waals surface area contributed by atoms with Crippen LogP contribution in [0.4, 0.5) is 0 Å². The van der Waals surface area contributed by atoms with Gasteiger partial charge in [0.25, 0.3) is 5.56 Å². The van der Waals surface area contributed by atoms with Crippen molar-refractivity contribution in [2.75, 3.05) is 0 Å². The van der Waals surface area contributed by atoms with E-state index < -0.39 is 5.97 Å². The normalized spacial score (nSPS) is 11.4. The maximum Gasteiger partial charge on any atom is 0.347 e. The lowest BCUT2D eigenvalue weighted by Crippen LogP contribution is -2.19. The van der Waals surface area contributed by atoms with E-state index >= 15 is 0 Å². The molecule has 1 aromatic carbocycles. The molecule has 6 heteroatoms. The van der Waals surface area contributed by atoms with Crippen molar-refractivity contribution in [3.63, 3.8) is 0 Å². The molecule has 2 heterocycles. The van der Waals surface area contributed by atoms with Gasteiger partial charge in [0.1, 0.15) is 4.88 Å². The molecule has 0 saturated heterocycles. The summed E-state index contributed by atoms with van der Waals surface area (Å²) in [6, 6.07) is 8.01. The SMILES string of the molecule is CCc1c(/C=C/c2cccc(C)c2)nc2sc(C(=O)O)cn2c1=O. The predicted octanol–water partition coefficient (Wildman–Crippen LogP) is 3.50. The molecule has 0 aliphatic rings. The lowest BCUT2D eigenvalue weighted by atomic mass is 10.1. The number of carboxylic acids is 1. The summed E-state index contributed by atoms with van der Waals surface area (Å²) in [6.07, 6.45) is 5.59. The van der Waals surface area contributed by atoms with Gasteiger partial charge in [-0.05, 0) is 25.0 Å². The van der Waals surface area contributed by atoms with Crippen LogP contribution in [-0.4, -0.2) is 20.5 Å². The number of nitrogens with zero attached hydrogens (tertiary/aromatic N) is 2. The molecule has 1 N–H and O–H groups in total. The summed E-state index contributed by atoms with van der Waals surface area (Å²) in [4.78, 5) is 28.7. The molecular weight excluding hydrogens is 324 g/mol. The highest BCUT2D eigenvalue weighted by Gasteiger charge is 2.15. The van der Waals surface area contributed by atoms with Crippen LogP contribution < -0.4 is 5.56 Å². The Morgan fingerprint density at radius 2 is 2.17 bits per heavy atom. The monoisotopic (exact) mass is 340 g/mol. The van der Waals surface area contributed by atoms with Crippen LogP contribution in [0.15, 0.2) is 35.3 Å². The van der Waals surface area contributed by atoms with E-state index in [0.29, 0.717) is 22.6 Å². The Morgan fingerprint density at radius 3 is 2.83 bits per heavy atom. The van der Waals surface area contributed by atoms with Crippen LogP contribution in [0.1, 0.15) is 39.0 Å². The lowest BCUT2D eigenvalue weighted by molar-refractivity contribution is 0.0701. The number of rotatable bonds is 4. The van der Waals surface area contributed by atoms with Crippen molar-refractivity contribution < 1.29 is 9.90 Å². The fourth-order valence-corrected chi connectivity index (χ4v) is 3.33. The highest BCUT2D eigenvalue weighted by molar-refractivity contribution is 7.18. The minimum atomic E-state index is -1.06. The quantitative estimate of drug-likeness (QED) is 0.789. The molecule has 3 aromatic rings. The van der Waals surface area contributed by atoms with Crippen molar-refractivity contribution >= 4 is 34.4 Å². The Labute approximate surface area is 142 Å². The van der Waals surface area contributed by atoms with E-state index in [4.69, 9.17) is 5.11 Å². The van der Waals surface area contributed by atoms with Gasteiger partial charge in [0.2, 0.25) is 0 Å². The Bertz CT molecular complexity index is 1010. The van der Waals surface area contributed by atoms with Crippen LogP contribution in [-0.2, 0) is 6.42 Å². The molecule has 0 unspecified atom stereocenters. The van der Waals surface area contributed by atoms with Crippen LogP contribution in [0, 0.1) is 6.92 Å². The first-order valence-electron chi connectivity index (χ1n) is 7.52. The number of fused-ring (bicyclic) bond motifs is 1. The number of carboxylic acid groups (broad SMARTS) is 1. The highest BCUT2D eigenvalue weighted by Crippen LogP contribution is 2.18. The average molecular weight is 340 g/mol. The number of benzene rings is 1. The Balaban J connectivity index is 2.13. The van der Waals surface area contributed by atoms with E-state index in [1.807, 2.05) is 50.3 Å². The third-order valence-corrected chi connectivity index (χ3v) is 4.67. The zero-order chi connectivity index (χ0) is 17.3. The van der Waals surface area contributed by atoms with E-state index in [9.17, 15) is 9.59 Å². The third-order valence-electron chi connectivity index (χ3n) is 3.70. The molecule has 122 valence electrons. The Morgan fingerprint density at radius 1 is 1.38 bits per heavy atom. The minimum absolute atomic E-state index is 0.0986. The summed E-state index contributed by atoms with van der Waals surface area (Å²) in [5.41, 5.74) is 3.13. The van der Waals surface area contributed by atoms with Gasteiger partial charge in [0, 0.05) is 11.8 Å². The topological polar surface area (TPSA) is 71.7 Å². The molecule has 0 aliphatic carbocycles. The number of carbonyl (C=O) groups is 1. The zero-order valence-electron chi connectivity index (χ0n) is 13.3. The fraction of sp³-hybridized carbons (Fsp3) is 0.167. The number of hydrogen-bond donors (Lipinski definition) is 1. The molecular formula is C18H16N2O3S. The number of aryl methyl sites for hydroxylation is 1. The second-order valence-electron chi connectivity index (χ2n) is 5.43. The highest BCUT2D eigenvalue weighted by atomic mass is 32.1. The Kier molecular flexibility index (Phi) is 4.31. The summed E-state index contributed by atoms with van der Waals surface area (Å²) in [5.74, 6) is -1.06. The van der Waals surface area contributed by atoms with Crippen molar-refractivity contribution in [2.45, 2.75) is 20.3 Å². The van der Waals surface area contributed by atoms with E-state index in [-0.39, 0.29) is 10.4 Å². The second kappa shape index (κ2) is 6.41. The first-order valence-corrected chi connectivity index (χ1v) is 8.34. The molecule has 0 radical (unpaired) electrons. The van der Waals surface area contributed by atoms with Crippen molar-refractivity contribution in [1.82, 2.24) is 9.38 Å². The zero-order valence-corrected chi connectivity index (χ0v) is 14.1. The predicted molar refractivity (Wildman–Crippen MR) is 95.8 cm³/mol. The van der Waals surface area contributed by atoms with E-state index in [0.717, 1.165) is 22.5 Å². The molecule has 5 nitrogen and oxygen atoms in total. The van der Waals surface area contributed by atoms with Gasteiger partial charge in [0.15, 0.2) is 4.96 Å². The average Bonchev–Trinajstić information content (AvgIpc) is 2.98. The van der Waals surface area contributed by atoms with E-state index in [2.05, 4.69) is 4.98 Å². The molecule has 0 spiro atoms. The van der Waals surface area contributed by atoms with Crippen LogP contribution in [0.3, 0.4) is 0 Å². The lowest BCUT2D eigenvalue weighted by Gasteiger charge is -2.03. The summed E-state index contributed by atoms with van der Waals surface area (Å²) in [6.45, 7) is 3.91. The van der Waals surface area contributed by atoms with E-state index in [1.54, 1.807) is 0 Å². The molecule has 0 amide bonds. The van der Waals surface area contributed by atoms with Gasteiger partial charge in [0.05, 0.1) is 5.69 Å². The van der Waals surface area contributed by atoms with Gasteiger partial charge >= 0.3 is 5.97 Å². The van der Waals surface area contributed by atoms with Gasteiger partial charge in [-0.3, -0.25) is 9.20 Å². The smallest absolute Gasteiger partial charge is 0.347 e. The molecule has 0 atom stereocenters. The number of hydrogen-bond acceptors (Lipinski definition) is 4. The van der Waals surface area contributed by atoms with Crippen molar-refractivity contribution in [2.24, 2.45) is 0 Å². The third kappa shape index (κ3) is 3.00. The van der Waals surface area contributed by atoms with Gasteiger partial charge < -0.3 is 5.11 Å². The van der Waals surface area contributed by atoms with Gasteiger partial charge in [-0.2, -0.15) is 0 Å². The summed E-state index contributed by atoms with van der Waals surface area (Å²) < 4.78 is 1.32. The number of thiazole rings is 1. The van der Waals surface area contributed by atoms with Crippen LogP contribution in [0.25, 0.3) is 17.1 Å². The first kappa shape index (κ1) is 16.1. The number of aromatic nitrogens is 2. The summed E-state index contributed by atoms with van der Waals surface area (Å²) >= 11 is 0.995. The molecule has 0 bridgehead atoms. The molecule has 2 aromatic heterocycles. The van der Waals surface area contributed by atoms with Crippen molar-refractivity contribution in [3.8, 4) is 0 Å². The molecule has 3 rings (SSSR count). The molecule has 0 fully saturated rings. The van der Waals surface area contributed by atoms with Crippen molar-refractivity contribution in [1.29, 1.82) is 0 Å². The van der Waals surface area contributed by atoms with Crippen molar-refractivity contribution in [3.05, 3.63) is 68.1 Å². The summed E-state index contributed by atoms with van der Waals surface area (Å²) in [5, 5.41) is 9.10. The van der Waals surface area contributed by atoms with Crippen LogP contribution in [0.5, 0.6) is 0 Å². The minimum Gasteiger partial charge on any atom is -0.477 e. The largest absolute Gasteiger partial charge is 0.477 e. The van der Waals surface area contributed by atoms with Gasteiger partial charge in [-0.25, -0.2) is 9.78 Å². The maximum atomic E-state index is 12.6. The maximum absolute atomic E-state index is 12.6. The standard InChI is InChI=1S/C18H16N2O3S/c1-3-13-14(8-7-12-6-4-5-11(2)9-12)19-18-20(16(13)21)10-15(24-18)17(22)23/h4-10H,3H2,1-2H3,(H,22,23)/b8-7+. The van der Waals surface area contributed by atoms with Crippen LogP contribution in [0.2, 0.25) is 0 Å². The van der Waals surface area contributed by atoms with E-state index in [1.165, 1.54) is 10.6 Å². The number of aromatic carboxylic acids is 1.